The van der Waals surface area contributed by atoms with Crippen LogP contribution in [0.3, 0.4) is 0 Å². The van der Waals surface area contributed by atoms with Gasteiger partial charge in [0, 0.05) is 18.5 Å². The first-order valence-electron chi connectivity index (χ1n) is 9.82. The normalized spacial score (nSPS) is 19.1. The molecule has 3 rings (SSSR count). The standard InChI is InChI=1S/C20H29N5O2/c1-2-3-4-5-6-7-8-15-9-11-16(12-10-15)17-23-18(27-24-17)20(26)13-14-25(20)19(21)22/h9-12,26H,2-8,13-14H2,1H3,(H3,21,22). The summed E-state index contributed by atoms with van der Waals surface area (Å²) in [5, 5.41) is 22.1. The fourth-order valence-electron chi connectivity index (χ4n) is 3.41. The molecule has 2 aromatic rings. The Morgan fingerprint density at radius 1 is 1.22 bits per heavy atom. The molecule has 1 atom stereocenters. The summed E-state index contributed by atoms with van der Waals surface area (Å²) in [6.07, 6.45) is 9.25. The molecule has 0 saturated carbocycles. The third-order valence-corrected chi connectivity index (χ3v) is 5.22. The van der Waals surface area contributed by atoms with Crippen LogP contribution in [0.1, 0.15) is 63.3 Å². The molecule has 146 valence electrons. The van der Waals surface area contributed by atoms with E-state index in [0.29, 0.717) is 18.8 Å². The first-order chi connectivity index (χ1) is 13.0. The van der Waals surface area contributed by atoms with Crippen LogP contribution < -0.4 is 5.73 Å². The maximum absolute atomic E-state index is 10.6. The van der Waals surface area contributed by atoms with Gasteiger partial charge in [0.2, 0.25) is 11.5 Å². The summed E-state index contributed by atoms with van der Waals surface area (Å²) in [6.45, 7) is 2.73. The molecular weight excluding hydrogens is 342 g/mol. The van der Waals surface area contributed by atoms with E-state index in [1.807, 2.05) is 12.1 Å². The zero-order chi connectivity index (χ0) is 19.3. The van der Waals surface area contributed by atoms with E-state index < -0.39 is 5.72 Å². The van der Waals surface area contributed by atoms with E-state index >= 15 is 0 Å². The molecule has 0 amide bonds. The summed E-state index contributed by atoms with van der Waals surface area (Å²) in [5.74, 6) is 0.303. The van der Waals surface area contributed by atoms with Gasteiger partial charge in [0.15, 0.2) is 5.96 Å². The Labute approximate surface area is 160 Å². The third-order valence-electron chi connectivity index (χ3n) is 5.22. The lowest BCUT2D eigenvalue weighted by Crippen LogP contribution is -2.61. The number of unbranched alkanes of at least 4 members (excludes halogenated alkanes) is 5. The van der Waals surface area contributed by atoms with E-state index in [4.69, 9.17) is 15.7 Å². The van der Waals surface area contributed by atoms with E-state index in [-0.39, 0.29) is 11.9 Å². The molecule has 1 saturated heterocycles. The number of nitrogens with zero attached hydrogens (tertiary/aromatic N) is 3. The first-order valence-corrected chi connectivity index (χ1v) is 9.82. The molecule has 1 aliphatic rings. The van der Waals surface area contributed by atoms with Crippen molar-refractivity contribution in [3.63, 3.8) is 0 Å². The van der Waals surface area contributed by atoms with Gasteiger partial charge in [-0.1, -0.05) is 68.4 Å². The Hall–Kier alpha value is -2.41. The number of aliphatic hydroxyl groups is 1. The number of likely N-dealkylation sites (tertiary alicyclic amines) is 1. The van der Waals surface area contributed by atoms with Crippen LogP contribution in [-0.2, 0) is 12.1 Å². The van der Waals surface area contributed by atoms with Gasteiger partial charge in [-0.15, -0.1) is 0 Å². The predicted octanol–water partition coefficient (Wildman–Crippen LogP) is 3.38. The molecule has 2 heterocycles. The zero-order valence-corrected chi connectivity index (χ0v) is 15.9. The predicted molar refractivity (Wildman–Crippen MR) is 104 cm³/mol. The van der Waals surface area contributed by atoms with E-state index in [0.717, 1.165) is 12.0 Å². The van der Waals surface area contributed by atoms with Gasteiger partial charge in [0.1, 0.15) is 0 Å². The van der Waals surface area contributed by atoms with E-state index in [9.17, 15) is 5.11 Å². The van der Waals surface area contributed by atoms with Gasteiger partial charge < -0.3 is 20.3 Å². The van der Waals surface area contributed by atoms with Crippen molar-refractivity contribution in [2.75, 3.05) is 6.54 Å². The maximum atomic E-state index is 10.6. The second kappa shape index (κ2) is 8.52. The van der Waals surface area contributed by atoms with Gasteiger partial charge >= 0.3 is 0 Å². The van der Waals surface area contributed by atoms with E-state index in [2.05, 4.69) is 29.2 Å². The zero-order valence-electron chi connectivity index (χ0n) is 15.9. The number of aryl methyl sites for hydroxylation is 1. The van der Waals surface area contributed by atoms with E-state index in [1.165, 1.54) is 49.0 Å². The van der Waals surface area contributed by atoms with Crippen molar-refractivity contribution in [1.82, 2.24) is 15.0 Å². The highest BCUT2D eigenvalue weighted by molar-refractivity contribution is 5.76. The molecule has 1 aliphatic heterocycles. The molecular formula is C20H29N5O2. The van der Waals surface area contributed by atoms with Crippen molar-refractivity contribution < 1.29 is 9.63 Å². The maximum Gasteiger partial charge on any atom is 0.280 e. The van der Waals surface area contributed by atoms with Crippen LogP contribution in [0.25, 0.3) is 11.4 Å². The minimum Gasteiger partial charge on any atom is -0.370 e. The molecule has 27 heavy (non-hydrogen) atoms. The summed E-state index contributed by atoms with van der Waals surface area (Å²) in [5.41, 5.74) is 6.16. The van der Waals surface area contributed by atoms with Crippen molar-refractivity contribution in [1.29, 1.82) is 5.41 Å². The molecule has 1 unspecified atom stereocenters. The molecule has 7 heteroatoms. The Kier molecular flexibility index (Phi) is 6.11. The summed E-state index contributed by atoms with van der Waals surface area (Å²) < 4.78 is 5.24. The summed E-state index contributed by atoms with van der Waals surface area (Å²) in [6, 6.07) is 8.15. The number of guanidine groups is 1. The molecule has 0 radical (unpaired) electrons. The average molecular weight is 371 g/mol. The largest absolute Gasteiger partial charge is 0.370 e. The van der Waals surface area contributed by atoms with Gasteiger partial charge in [-0.25, -0.2) is 0 Å². The fourth-order valence-corrected chi connectivity index (χ4v) is 3.41. The van der Waals surface area contributed by atoms with Crippen molar-refractivity contribution >= 4 is 5.96 Å². The Morgan fingerprint density at radius 2 is 1.93 bits per heavy atom. The summed E-state index contributed by atoms with van der Waals surface area (Å²) >= 11 is 0. The number of benzene rings is 1. The Balaban J connectivity index is 1.57. The van der Waals surface area contributed by atoms with Crippen LogP contribution in [0.5, 0.6) is 0 Å². The topological polar surface area (TPSA) is 112 Å². The Morgan fingerprint density at radius 3 is 2.56 bits per heavy atom. The van der Waals surface area contributed by atoms with Crippen LogP contribution in [0.15, 0.2) is 28.8 Å². The number of rotatable bonds is 9. The SMILES string of the molecule is CCCCCCCCc1ccc(-c2noc(C3(O)CCN3C(=N)N)n2)cc1. The third kappa shape index (κ3) is 4.30. The number of hydrogen-bond donors (Lipinski definition) is 3. The number of aromatic nitrogens is 2. The van der Waals surface area contributed by atoms with Crippen LogP contribution >= 0.6 is 0 Å². The van der Waals surface area contributed by atoms with Crippen LogP contribution in [-0.4, -0.2) is 32.7 Å². The molecule has 4 N–H and O–H groups in total. The van der Waals surface area contributed by atoms with Crippen LogP contribution in [0, 0.1) is 5.41 Å². The first kappa shape index (κ1) is 19.4. The second-order valence-electron chi connectivity index (χ2n) is 7.24. The van der Waals surface area contributed by atoms with Gasteiger partial charge in [-0.3, -0.25) is 5.41 Å². The van der Waals surface area contributed by atoms with Gasteiger partial charge in [0.25, 0.3) is 5.89 Å². The molecule has 0 bridgehead atoms. The lowest BCUT2D eigenvalue weighted by molar-refractivity contribution is -0.169. The molecule has 1 aromatic heterocycles. The molecule has 0 spiro atoms. The van der Waals surface area contributed by atoms with Crippen LogP contribution in [0.4, 0.5) is 0 Å². The lowest BCUT2D eigenvalue weighted by Gasteiger charge is -2.45. The lowest BCUT2D eigenvalue weighted by atomic mass is 9.98. The number of nitrogens with two attached hydrogens (primary N) is 1. The van der Waals surface area contributed by atoms with Crippen molar-refractivity contribution in [2.45, 2.75) is 64.0 Å². The molecule has 1 fully saturated rings. The van der Waals surface area contributed by atoms with Crippen molar-refractivity contribution in [3.8, 4) is 11.4 Å². The molecule has 7 nitrogen and oxygen atoms in total. The van der Waals surface area contributed by atoms with E-state index in [1.54, 1.807) is 0 Å². The smallest absolute Gasteiger partial charge is 0.280 e. The van der Waals surface area contributed by atoms with Crippen molar-refractivity contribution in [2.24, 2.45) is 5.73 Å². The second-order valence-corrected chi connectivity index (χ2v) is 7.24. The van der Waals surface area contributed by atoms with Gasteiger partial charge in [-0.2, -0.15) is 4.98 Å². The average Bonchev–Trinajstić information content (AvgIpc) is 3.13. The number of hydrogen-bond acceptors (Lipinski definition) is 5. The molecule has 0 aliphatic carbocycles. The molecule has 1 aromatic carbocycles. The van der Waals surface area contributed by atoms with Gasteiger partial charge in [0.05, 0.1) is 0 Å². The summed E-state index contributed by atoms with van der Waals surface area (Å²) in [7, 11) is 0. The minimum absolute atomic E-state index is 0.0788. The number of nitrogens with one attached hydrogen (secondary N) is 1. The Bertz CT molecular complexity index is 758. The monoisotopic (exact) mass is 371 g/mol. The van der Waals surface area contributed by atoms with Gasteiger partial charge in [-0.05, 0) is 18.4 Å². The quantitative estimate of drug-likeness (QED) is 0.354. The summed E-state index contributed by atoms with van der Waals surface area (Å²) in [4.78, 5) is 5.66. The van der Waals surface area contributed by atoms with Crippen LogP contribution in [0.2, 0.25) is 0 Å². The highest BCUT2D eigenvalue weighted by atomic mass is 16.5. The highest BCUT2D eigenvalue weighted by Gasteiger charge is 2.50. The minimum atomic E-state index is -1.46. The highest BCUT2D eigenvalue weighted by Crippen LogP contribution is 2.37. The van der Waals surface area contributed by atoms with Crippen molar-refractivity contribution in [3.05, 3.63) is 35.7 Å². The fraction of sp³-hybridized carbons (Fsp3) is 0.550.